The van der Waals surface area contributed by atoms with Crippen molar-refractivity contribution in [2.24, 2.45) is 0 Å². The molecule has 31 heavy (non-hydrogen) atoms. The first-order valence-electron chi connectivity index (χ1n) is 10.1. The number of aryl methyl sites for hydroxylation is 1. The summed E-state index contributed by atoms with van der Waals surface area (Å²) in [5, 5.41) is 6.33. The van der Waals surface area contributed by atoms with E-state index in [1.54, 1.807) is 18.2 Å². The maximum atomic E-state index is 12.3. The maximum absolute atomic E-state index is 12.3. The van der Waals surface area contributed by atoms with Gasteiger partial charge >= 0.3 is 11.8 Å². The summed E-state index contributed by atoms with van der Waals surface area (Å²) in [5.74, 6) is -1.47. The smallest absolute Gasteiger partial charge is 0.313 e. The van der Waals surface area contributed by atoms with Crippen molar-refractivity contribution in [1.29, 1.82) is 0 Å². The summed E-state index contributed by atoms with van der Waals surface area (Å²) in [6.07, 6.45) is 5.10. The molecule has 2 amide bonds. The van der Waals surface area contributed by atoms with Crippen LogP contribution in [0.25, 0.3) is 10.9 Å². The van der Waals surface area contributed by atoms with E-state index in [2.05, 4.69) is 15.6 Å². The van der Waals surface area contributed by atoms with Crippen molar-refractivity contribution >= 4 is 44.1 Å². The number of carbonyl (C=O) groups excluding carboxylic acids is 2. The standard InChI is InChI=1S/C22H24N4O4S/c1-31(29,30)26-12-4-5-15-13-17(8-9-20(15)26)25-22(28)21(27)23-11-10-16-14-24-19-7-3-2-6-18(16)19/h2-3,6-9,13-14,24H,4-5,10-12H2,1H3,(H,23,27)(H,25,28). The summed E-state index contributed by atoms with van der Waals surface area (Å²) in [6.45, 7) is 0.776. The fraction of sp³-hybridized carbons (Fsp3) is 0.273. The molecule has 0 spiro atoms. The molecule has 0 bridgehead atoms. The van der Waals surface area contributed by atoms with Gasteiger partial charge in [-0.2, -0.15) is 0 Å². The lowest BCUT2D eigenvalue weighted by atomic mass is 10.0. The van der Waals surface area contributed by atoms with Crippen LogP contribution in [0.5, 0.6) is 0 Å². The minimum Gasteiger partial charge on any atom is -0.361 e. The number of benzene rings is 2. The summed E-state index contributed by atoms with van der Waals surface area (Å²) in [5.41, 5.74) is 4.01. The van der Waals surface area contributed by atoms with Crippen molar-refractivity contribution in [2.45, 2.75) is 19.3 Å². The van der Waals surface area contributed by atoms with E-state index in [4.69, 9.17) is 0 Å². The zero-order chi connectivity index (χ0) is 22.0. The topological polar surface area (TPSA) is 111 Å². The van der Waals surface area contributed by atoms with E-state index in [1.807, 2.05) is 30.5 Å². The third-order valence-electron chi connectivity index (χ3n) is 5.37. The lowest BCUT2D eigenvalue weighted by molar-refractivity contribution is -0.136. The van der Waals surface area contributed by atoms with Gasteiger partial charge in [0, 0.05) is 35.9 Å². The number of sulfonamides is 1. The highest BCUT2D eigenvalue weighted by molar-refractivity contribution is 7.92. The third-order valence-corrected chi connectivity index (χ3v) is 6.55. The van der Waals surface area contributed by atoms with Gasteiger partial charge in [0.1, 0.15) is 0 Å². The molecule has 2 heterocycles. The summed E-state index contributed by atoms with van der Waals surface area (Å²) in [4.78, 5) is 27.7. The van der Waals surface area contributed by atoms with Crippen molar-refractivity contribution in [3.63, 3.8) is 0 Å². The monoisotopic (exact) mass is 440 g/mol. The Balaban J connectivity index is 1.35. The second-order valence-corrected chi connectivity index (χ2v) is 9.51. The fourth-order valence-corrected chi connectivity index (χ4v) is 4.90. The Labute approximate surface area is 180 Å². The number of anilines is 2. The van der Waals surface area contributed by atoms with Gasteiger partial charge in [0.25, 0.3) is 0 Å². The molecule has 0 saturated carbocycles. The molecule has 3 aromatic rings. The van der Waals surface area contributed by atoms with Gasteiger partial charge in [-0.3, -0.25) is 13.9 Å². The predicted molar refractivity (Wildman–Crippen MR) is 121 cm³/mol. The van der Waals surface area contributed by atoms with E-state index >= 15 is 0 Å². The van der Waals surface area contributed by atoms with Gasteiger partial charge in [-0.05, 0) is 54.7 Å². The SMILES string of the molecule is CS(=O)(=O)N1CCCc2cc(NC(=O)C(=O)NCCc3c[nH]c4ccccc34)ccc21. The quantitative estimate of drug-likeness (QED) is 0.528. The molecule has 4 rings (SSSR count). The Bertz CT molecular complexity index is 1250. The van der Waals surface area contributed by atoms with Gasteiger partial charge in [-0.25, -0.2) is 8.42 Å². The number of para-hydroxylation sites is 1. The van der Waals surface area contributed by atoms with Crippen molar-refractivity contribution in [3.05, 3.63) is 59.8 Å². The number of rotatable bonds is 5. The minimum absolute atomic E-state index is 0.335. The number of nitrogens with one attached hydrogen (secondary N) is 3. The Morgan fingerprint density at radius 3 is 2.74 bits per heavy atom. The van der Waals surface area contributed by atoms with Gasteiger partial charge in [0.15, 0.2) is 0 Å². The van der Waals surface area contributed by atoms with Crippen molar-refractivity contribution in [2.75, 3.05) is 29.0 Å². The number of aromatic nitrogens is 1. The first kappa shape index (κ1) is 20.9. The molecule has 1 aliphatic heterocycles. The highest BCUT2D eigenvalue weighted by Gasteiger charge is 2.24. The van der Waals surface area contributed by atoms with Crippen LogP contribution in [0.4, 0.5) is 11.4 Å². The van der Waals surface area contributed by atoms with Crippen LogP contribution in [0.3, 0.4) is 0 Å². The van der Waals surface area contributed by atoms with Crippen LogP contribution < -0.4 is 14.9 Å². The molecule has 9 heteroatoms. The minimum atomic E-state index is -3.35. The Morgan fingerprint density at radius 1 is 1.13 bits per heavy atom. The lowest BCUT2D eigenvalue weighted by Crippen LogP contribution is -2.36. The zero-order valence-electron chi connectivity index (χ0n) is 17.1. The highest BCUT2D eigenvalue weighted by Crippen LogP contribution is 2.31. The average Bonchev–Trinajstić information content (AvgIpc) is 3.15. The van der Waals surface area contributed by atoms with E-state index in [0.29, 0.717) is 43.7 Å². The molecular formula is C22H24N4O4S. The lowest BCUT2D eigenvalue weighted by Gasteiger charge is -2.29. The van der Waals surface area contributed by atoms with Crippen molar-refractivity contribution < 1.29 is 18.0 Å². The van der Waals surface area contributed by atoms with Crippen LogP contribution in [0, 0.1) is 0 Å². The molecule has 0 unspecified atom stereocenters. The van der Waals surface area contributed by atoms with Gasteiger partial charge < -0.3 is 15.6 Å². The molecule has 0 saturated heterocycles. The molecule has 0 fully saturated rings. The van der Waals surface area contributed by atoms with Gasteiger partial charge in [-0.15, -0.1) is 0 Å². The van der Waals surface area contributed by atoms with E-state index in [1.165, 1.54) is 10.6 Å². The summed E-state index contributed by atoms with van der Waals surface area (Å²) >= 11 is 0. The number of fused-ring (bicyclic) bond motifs is 2. The molecule has 2 aromatic carbocycles. The second kappa shape index (κ2) is 8.43. The van der Waals surface area contributed by atoms with Crippen LogP contribution >= 0.6 is 0 Å². The van der Waals surface area contributed by atoms with E-state index < -0.39 is 21.8 Å². The Hall–Kier alpha value is -3.33. The summed E-state index contributed by atoms with van der Waals surface area (Å²) < 4.78 is 25.3. The third kappa shape index (κ3) is 4.56. The van der Waals surface area contributed by atoms with E-state index in [9.17, 15) is 18.0 Å². The Kier molecular flexibility index (Phi) is 5.69. The number of carbonyl (C=O) groups is 2. The molecular weight excluding hydrogens is 416 g/mol. The number of amides is 2. The fourth-order valence-electron chi connectivity index (χ4n) is 3.90. The second-order valence-electron chi connectivity index (χ2n) is 7.60. The number of hydrogen-bond acceptors (Lipinski definition) is 4. The molecule has 1 aliphatic rings. The first-order chi connectivity index (χ1) is 14.8. The van der Waals surface area contributed by atoms with E-state index in [-0.39, 0.29) is 0 Å². The number of aromatic amines is 1. The Morgan fingerprint density at radius 2 is 1.94 bits per heavy atom. The average molecular weight is 441 g/mol. The largest absolute Gasteiger partial charge is 0.361 e. The molecule has 1 aromatic heterocycles. The number of nitrogens with zero attached hydrogens (tertiary/aromatic N) is 1. The van der Waals surface area contributed by atoms with Crippen LogP contribution in [0.1, 0.15) is 17.5 Å². The summed E-state index contributed by atoms with van der Waals surface area (Å²) in [7, 11) is -3.35. The van der Waals surface area contributed by atoms with Gasteiger partial charge in [0.05, 0.1) is 11.9 Å². The molecule has 0 radical (unpaired) electrons. The normalized spacial score (nSPS) is 13.6. The van der Waals surface area contributed by atoms with E-state index in [0.717, 1.165) is 22.0 Å². The van der Waals surface area contributed by atoms with Gasteiger partial charge in [-0.1, -0.05) is 18.2 Å². The van der Waals surface area contributed by atoms with Crippen LogP contribution in [0.15, 0.2) is 48.7 Å². The van der Waals surface area contributed by atoms with Crippen LogP contribution in [-0.4, -0.2) is 44.6 Å². The summed E-state index contributed by atoms with van der Waals surface area (Å²) in [6, 6.07) is 12.9. The first-order valence-corrected chi connectivity index (χ1v) is 11.9. The highest BCUT2D eigenvalue weighted by atomic mass is 32.2. The van der Waals surface area contributed by atoms with Gasteiger partial charge in [0.2, 0.25) is 10.0 Å². The number of hydrogen-bond donors (Lipinski definition) is 3. The molecule has 0 aliphatic carbocycles. The zero-order valence-corrected chi connectivity index (χ0v) is 18.0. The molecule has 8 nitrogen and oxygen atoms in total. The van der Waals surface area contributed by atoms with Crippen LogP contribution in [0.2, 0.25) is 0 Å². The van der Waals surface area contributed by atoms with Crippen molar-refractivity contribution in [1.82, 2.24) is 10.3 Å². The number of H-pyrrole nitrogens is 1. The molecule has 0 atom stereocenters. The molecule has 162 valence electrons. The molecule has 3 N–H and O–H groups in total. The predicted octanol–water partition coefficient (Wildman–Crippen LogP) is 2.18. The van der Waals surface area contributed by atoms with Crippen molar-refractivity contribution in [3.8, 4) is 0 Å². The van der Waals surface area contributed by atoms with Crippen LogP contribution in [-0.2, 0) is 32.5 Å². The maximum Gasteiger partial charge on any atom is 0.313 e.